The molecule has 0 aliphatic rings. The summed E-state index contributed by atoms with van der Waals surface area (Å²) in [6, 6.07) is 14.7. The molecule has 0 bridgehead atoms. The van der Waals surface area contributed by atoms with Gasteiger partial charge in [0.1, 0.15) is 11.5 Å². The second-order valence-corrected chi connectivity index (χ2v) is 6.67. The van der Waals surface area contributed by atoms with Gasteiger partial charge in [0.15, 0.2) is 0 Å². The first kappa shape index (κ1) is 18.8. The van der Waals surface area contributed by atoms with Crippen LogP contribution in [-0.2, 0) is 0 Å². The third-order valence-corrected chi connectivity index (χ3v) is 3.57. The highest BCUT2D eigenvalue weighted by atomic mass is 16.5. The van der Waals surface area contributed by atoms with Gasteiger partial charge in [-0.2, -0.15) is 0 Å². The number of para-hydroxylation sites is 1. The standard InChI is InChI=1S/C21H27NO3/c1-15(2)13-14-24-20-8-6-5-7-19(20)21(23)22-17-9-11-18(12-10-17)25-16(3)4/h5-12,15-16H,13-14H2,1-4H3,(H,22,23). The van der Waals surface area contributed by atoms with Crippen molar-refractivity contribution in [3.05, 3.63) is 54.1 Å². The second kappa shape index (κ2) is 9.11. The number of anilines is 1. The Kier molecular flexibility index (Phi) is 6.87. The Morgan fingerprint density at radius 3 is 2.32 bits per heavy atom. The van der Waals surface area contributed by atoms with Crippen molar-refractivity contribution >= 4 is 11.6 Å². The van der Waals surface area contributed by atoms with Crippen LogP contribution in [0.3, 0.4) is 0 Å². The van der Waals surface area contributed by atoms with E-state index < -0.39 is 0 Å². The van der Waals surface area contributed by atoms with Gasteiger partial charge in [0.25, 0.3) is 5.91 Å². The fourth-order valence-electron chi connectivity index (χ4n) is 2.27. The van der Waals surface area contributed by atoms with Crippen molar-refractivity contribution in [2.45, 2.75) is 40.2 Å². The molecule has 0 fully saturated rings. The number of rotatable bonds is 8. The van der Waals surface area contributed by atoms with E-state index in [0.29, 0.717) is 23.8 Å². The van der Waals surface area contributed by atoms with Crippen molar-refractivity contribution in [1.29, 1.82) is 0 Å². The number of hydrogen-bond donors (Lipinski definition) is 1. The number of ether oxygens (including phenoxy) is 2. The zero-order chi connectivity index (χ0) is 18.2. The molecule has 0 saturated heterocycles. The highest BCUT2D eigenvalue weighted by Gasteiger charge is 2.12. The van der Waals surface area contributed by atoms with Crippen LogP contribution < -0.4 is 14.8 Å². The summed E-state index contributed by atoms with van der Waals surface area (Å²) in [6.45, 7) is 8.85. The van der Waals surface area contributed by atoms with Crippen molar-refractivity contribution < 1.29 is 14.3 Å². The first-order chi connectivity index (χ1) is 12.0. The smallest absolute Gasteiger partial charge is 0.259 e. The summed E-state index contributed by atoms with van der Waals surface area (Å²) < 4.78 is 11.4. The van der Waals surface area contributed by atoms with Gasteiger partial charge in [-0.1, -0.05) is 26.0 Å². The molecule has 2 aromatic rings. The van der Waals surface area contributed by atoms with Gasteiger partial charge in [0, 0.05) is 5.69 Å². The molecule has 0 spiro atoms. The highest BCUT2D eigenvalue weighted by Crippen LogP contribution is 2.22. The number of carbonyl (C=O) groups excluding carboxylic acids is 1. The Bertz CT molecular complexity index is 678. The van der Waals surface area contributed by atoms with Gasteiger partial charge in [-0.3, -0.25) is 4.79 Å². The predicted molar refractivity (Wildman–Crippen MR) is 102 cm³/mol. The minimum absolute atomic E-state index is 0.121. The van der Waals surface area contributed by atoms with E-state index in [-0.39, 0.29) is 12.0 Å². The van der Waals surface area contributed by atoms with E-state index in [2.05, 4.69) is 19.2 Å². The molecule has 0 heterocycles. The van der Waals surface area contributed by atoms with E-state index in [1.807, 2.05) is 56.3 Å². The first-order valence-corrected chi connectivity index (χ1v) is 8.75. The lowest BCUT2D eigenvalue weighted by molar-refractivity contribution is 0.102. The van der Waals surface area contributed by atoms with E-state index in [4.69, 9.17) is 9.47 Å². The minimum Gasteiger partial charge on any atom is -0.493 e. The Hall–Kier alpha value is -2.49. The third kappa shape index (κ3) is 6.14. The maximum absolute atomic E-state index is 12.6. The van der Waals surface area contributed by atoms with E-state index in [1.165, 1.54) is 0 Å². The zero-order valence-corrected chi connectivity index (χ0v) is 15.4. The van der Waals surface area contributed by atoms with Crippen LogP contribution in [0.5, 0.6) is 11.5 Å². The summed E-state index contributed by atoms with van der Waals surface area (Å²) in [4.78, 5) is 12.6. The number of hydrogen-bond acceptors (Lipinski definition) is 3. The molecule has 0 saturated carbocycles. The molecule has 0 unspecified atom stereocenters. The summed E-state index contributed by atoms with van der Waals surface area (Å²) in [5, 5.41) is 2.90. The van der Waals surface area contributed by atoms with Crippen LogP contribution in [0.4, 0.5) is 5.69 Å². The summed E-state index contributed by atoms with van der Waals surface area (Å²) in [6.07, 6.45) is 1.07. The Morgan fingerprint density at radius 1 is 1.00 bits per heavy atom. The molecule has 1 amide bonds. The summed E-state index contributed by atoms with van der Waals surface area (Å²) in [5.41, 5.74) is 1.26. The average molecular weight is 341 g/mol. The molecule has 1 N–H and O–H groups in total. The number of carbonyl (C=O) groups is 1. The van der Waals surface area contributed by atoms with Gasteiger partial charge >= 0.3 is 0 Å². The molecule has 2 aromatic carbocycles. The second-order valence-electron chi connectivity index (χ2n) is 6.67. The number of nitrogens with one attached hydrogen (secondary N) is 1. The number of amides is 1. The van der Waals surface area contributed by atoms with Crippen molar-refractivity contribution in [2.24, 2.45) is 5.92 Å². The summed E-state index contributed by atoms with van der Waals surface area (Å²) >= 11 is 0. The van der Waals surface area contributed by atoms with Gasteiger partial charge in [-0.15, -0.1) is 0 Å². The summed E-state index contributed by atoms with van der Waals surface area (Å²) in [7, 11) is 0. The highest BCUT2D eigenvalue weighted by molar-refractivity contribution is 6.06. The van der Waals surface area contributed by atoms with E-state index >= 15 is 0 Å². The van der Waals surface area contributed by atoms with Gasteiger partial charge in [-0.25, -0.2) is 0 Å². The Balaban J connectivity index is 2.03. The predicted octanol–water partition coefficient (Wildman–Crippen LogP) is 5.15. The van der Waals surface area contributed by atoms with Crippen molar-refractivity contribution in [2.75, 3.05) is 11.9 Å². The van der Waals surface area contributed by atoms with Crippen molar-refractivity contribution in [3.8, 4) is 11.5 Å². The van der Waals surface area contributed by atoms with Crippen LogP contribution in [0.25, 0.3) is 0 Å². The van der Waals surface area contributed by atoms with Crippen LogP contribution in [0.1, 0.15) is 44.5 Å². The van der Waals surface area contributed by atoms with Crippen LogP contribution in [0.15, 0.2) is 48.5 Å². The molecular weight excluding hydrogens is 314 g/mol. The maximum atomic E-state index is 12.6. The van der Waals surface area contributed by atoms with Gasteiger partial charge in [0.2, 0.25) is 0 Å². The van der Waals surface area contributed by atoms with Crippen LogP contribution >= 0.6 is 0 Å². The van der Waals surface area contributed by atoms with Crippen LogP contribution in [0, 0.1) is 5.92 Å². The summed E-state index contributed by atoms with van der Waals surface area (Å²) in [5.74, 6) is 1.77. The average Bonchev–Trinajstić information content (AvgIpc) is 2.56. The molecule has 25 heavy (non-hydrogen) atoms. The lowest BCUT2D eigenvalue weighted by atomic mass is 10.1. The molecule has 0 aromatic heterocycles. The normalized spacial score (nSPS) is 10.8. The van der Waals surface area contributed by atoms with E-state index in [9.17, 15) is 4.79 Å². The molecule has 4 nitrogen and oxygen atoms in total. The lowest BCUT2D eigenvalue weighted by Crippen LogP contribution is -2.14. The molecule has 0 aliphatic heterocycles. The van der Waals surface area contributed by atoms with E-state index in [1.54, 1.807) is 6.07 Å². The third-order valence-electron chi connectivity index (χ3n) is 3.57. The molecule has 4 heteroatoms. The fourth-order valence-corrected chi connectivity index (χ4v) is 2.27. The SMILES string of the molecule is CC(C)CCOc1ccccc1C(=O)Nc1ccc(OC(C)C)cc1. The van der Waals surface area contributed by atoms with E-state index in [0.717, 1.165) is 17.9 Å². The van der Waals surface area contributed by atoms with Crippen molar-refractivity contribution in [3.63, 3.8) is 0 Å². The molecular formula is C21H27NO3. The van der Waals surface area contributed by atoms with Gasteiger partial charge in [-0.05, 0) is 62.6 Å². The van der Waals surface area contributed by atoms with Crippen LogP contribution in [-0.4, -0.2) is 18.6 Å². The largest absolute Gasteiger partial charge is 0.493 e. The zero-order valence-electron chi connectivity index (χ0n) is 15.4. The molecule has 2 rings (SSSR count). The molecule has 0 radical (unpaired) electrons. The monoisotopic (exact) mass is 341 g/mol. The molecule has 0 atom stereocenters. The van der Waals surface area contributed by atoms with Crippen molar-refractivity contribution in [1.82, 2.24) is 0 Å². The Labute approximate surface area is 150 Å². The van der Waals surface area contributed by atoms with Crippen LogP contribution in [0.2, 0.25) is 0 Å². The fraction of sp³-hybridized carbons (Fsp3) is 0.381. The maximum Gasteiger partial charge on any atom is 0.259 e. The minimum atomic E-state index is -0.183. The Morgan fingerprint density at radius 2 is 1.68 bits per heavy atom. The number of benzene rings is 2. The van der Waals surface area contributed by atoms with Gasteiger partial charge in [0.05, 0.1) is 18.3 Å². The lowest BCUT2D eigenvalue weighted by Gasteiger charge is -2.13. The molecule has 0 aliphatic carbocycles. The van der Waals surface area contributed by atoms with Gasteiger partial charge < -0.3 is 14.8 Å². The quantitative estimate of drug-likeness (QED) is 0.722. The first-order valence-electron chi connectivity index (χ1n) is 8.75. The topological polar surface area (TPSA) is 47.6 Å². The molecule has 134 valence electrons.